The summed E-state index contributed by atoms with van der Waals surface area (Å²) in [5, 5.41) is 10.3. The topological polar surface area (TPSA) is 48.3 Å². The predicted octanol–water partition coefficient (Wildman–Crippen LogP) is 6.13. The third-order valence-corrected chi connectivity index (χ3v) is 9.33. The van der Waals surface area contributed by atoms with E-state index in [1.54, 1.807) is 0 Å². The number of benzene rings is 2. The summed E-state index contributed by atoms with van der Waals surface area (Å²) in [6.45, 7) is 15.4. The van der Waals surface area contributed by atoms with Gasteiger partial charge in [0.25, 0.3) is 0 Å². The summed E-state index contributed by atoms with van der Waals surface area (Å²) in [5.74, 6) is 0.255. The summed E-state index contributed by atoms with van der Waals surface area (Å²) in [4.78, 5) is 12.4. The van der Waals surface area contributed by atoms with Crippen molar-refractivity contribution in [1.82, 2.24) is 9.35 Å². The Labute approximate surface area is 201 Å². The van der Waals surface area contributed by atoms with Gasteiger partial charge in [-0.3, -0.25) is 4.79 Å². The quantitative estimate of drug-likeness (QED) is 0.339. The molecule has 0 aromatic heterocycles. The molecule has 0 saturated heterocycles. The van der Waals surface area contributed by atoms with Gasteiger partial charge < -0.3 is 9.35 Å². The molecule has 5 nitrogen and oxygen atoms in total. The van der Waals surface area contributed by atoms with Gasteiger partial charge in [-0.1, -0.05) is 99.9 Å². The molecule has 0 aliphatic heterocycles. The van der Waals surface area contributed by atoms with Crippen molar-refractivity contribution in [3.8, 4) is 0 Å². The van der Waals surface area contributed by atoms with Crippen LogP contribution >= 0.6 is 0 Å². The summed E-state index contributed by atoms with van der Waals surface area (Å²) in [7, 11) is -3.50. The standard InChI is InChI=1S/C26H38N4OSi2/c1-32(2,3)29(20-22-13-9-7-10-14-22)27-25-18-17-24(31)19-26(25)28-30(33(4,5)6)21-23-15-11-8-12-16-23/h7-16H,17-21H2,1-6H3/b27-25-,28-26+. The van der Waals surface area contributed by atoms with Crippen molar-refractivity contribution in [3.63, 3.8) is 0 Å². The highest BCUT2D eigenvalue weighted by atomic mass is 28.3. The number of carbonyl (C=O) groups excluding carboxylic acids is 1. The molecule has 1 aliphatic carbocycles. The van der Waals surface area contributed by atoms with Crippen LogP contribution in [0.2, 0.25) is 39.3 Å². The summed E-state index contributed by atoms with van der Waals surface area (Å²) in [5.41, 5.74) is 4.31. The molecule has 0 heterocycles. The van der Waals surface area contributed by atoms with Crippen molar-refractivity contribution in [2.75, 3.05) is 0 Å². The van der Waals surface area contributed by atoms with E-state index in [9.17, 15) is 4.79 Å². The van der Waals surface area contributed by atoms with Gasteiger partial charge in [0.05, 0.1) is 30.9 Å². The van der Waals surface area contributed by atoms with Crippen LogP contribution < -0.4 is 0 Å². The number of ketones is 1. The molecule has 1 aliphatic rings. The van der Waals surface area contributed by atoms with Gasteiger partial charge in [0.2, 0.25) is 0 Å². The SMILES string of the molecule is C[Si](C)(C)N(Cc1ccccc1)/N=C1/CCC(=O)C/C1=N\N(Cc1ccccc1)[Si](C)(C)C. The Balaban J connectivity index is 1.96. The fourth-order valence-electron chi connectivity index (χ4n) is 3.63. The lowest BCUT2D eigenvalue weighted by Gasteiger charge is -2.35. The number of rotatable bonds is 8. The molecule has 0 radical (unpaired) electrons. The Bertz CT molecular complexity index is 992. The van der Waals surface area contributed by atoms with Crippen LogP contribution in [-0.2, 0) is 17.9 Å². The van der Waals surface area contributed by atoms with Gasteiger partial charge in [-0.25, -0.2) is 0 Å². The zero-order chi connectivity index (χ0) is 24.1. The van der Waals surface area contributed by atoms with Gasteiger partial charge >= 0.3 is 0 Å². The van der Waals surface area contributed by atoms with Crippen molar-refractivity contribution >= 4 is 33.7 Å². The minimum Gasteiger partial charge on any atom is -0.320 e. The molecule has 176 valence electrons. The molecule has 0 bridgehead atoms. The molecule has 1 saturated carbocycles. The second-order valence-electron chi connectivity index (χ2n) is 10.7. The van der Waals surface area contributed by atoms with Crippen LogP contribution in [0.1, 0.15) is 30.4 Å². The molecule has 7 heteroatoms. The van der Waals surface area contributed by atoms with E-state index in [0.29, 0.717) is 19.3 Å². The van der Waals surface area contributed by atoms with E-state index in [0.717, 1.165) is 24.5 Å². The van der Waals surface area contributed by atoms with Crippen LogP contribution in [0, 0.1) is 0 Å². The fraction of sp³-hybridized carbons (Fsp3) is 0.423. The highest BCUT2D eigenvalue weighted by molar-refractivity contribution is 6.74. The highest BCUT2D eigenvalue weighted by Crippen LogP contribution is 2.21. The first-order chi connectivity index (χ1) is 15.5. The first-order valence-electron chi connectivity index (χ1n) is 11.8. The molecule has 0 unspecified atom stereocenters. The minimum atomic E-state index is -1.77. The molecule has 0 amide bonds. The summed E-state index contributed by atoms with van der Waals surface area (Å²) < 4.78 is 4.51. The van der Waals surface area contributed by atoms with Gasteiger partial charge in [-0.05, 0) is 11.1 Å². The average Bonchev–Trinajstić information content (AvgIpc) is 2.74. The molecule has 3 rings (SSSR count). The number of Topliss-reactive ketones (excluding diaryl/α,β-unsaturated/α-hetero) is 1. The van der Waals surface area contributed by atoms with Crippen molar-refractivity contribution in [2.24, 2.45) is 10.2 Å². The van der Waals surface area contributed by atoms with Crippen molar-refractivity contribution in [1.29, 1.82) is 0 Å². The smallest absolute Gasteiger partial charge is 0.169 e. The molecular formula is C26H38N4OSi2. The Morgan fingerprint density at radius 3 is 1.52 bits per heavy atom. The molecule has 2 aromatic carbocycles. The van der Waals surface area contributed by atoms with Gasteiger partial charge in [-0.15, -0.1) is 0 Å². The number of hydrogen-bond donors (Lipinski definition) is 0. The van der Waals surface area contributed by atoms with E-state index in [4.69, 9.17) is 10.2 Å². The van der Waals surface area contributed by atoms with Crippen LogP contribution in [0.25, 0.3) is 0 Å². The fourth-order valence-corrected chi connectivity index (χ4v) is 5.78. The summed E-state index contributed by atoms with van der Waals surface area (Å²) in [6.07, 6.45) is 1.59. The van der Waals surface area contributed by atoms with Gasteiger partial charge in [0.15, 0.2) is 16.5 Å². The second-order valence-corrected chi connectivity index (χ2v) is 20.5. The molecule has 33 heavy (non-hydrogen) atoms. The Morgan fingerprint density at radius 2 is 1.09 bits per heavy atom. The average molecular weight is 479 g/mol. The largest absolute Gasteiger partial charge is 0.320 e. The highest BCUT2D eigenvalue weighted by Gasteiger charge is 2.30. The van der Waals surface area contributed by atoms with E-state index in [2.05, 4.69) is 97.2 Å². The van der Waals surface area contributed by atoms with Gasteiger partial charge in [0, 0.05) is 12.8 Å². The van der Waals surface area contributed by atoms with E-state index >= 15 is 0 Å². The van der Waals surface area contributed by atoms with E-state index in [1.807, 2.05) is 12.1 Å². The lowest BCUT2D eigenvalue weighted by Crippen LogP contribution is -2.45. The molecule has 0 atom stereocenters. The van der Waals surface area contributed by atoms with Crippen molar-refractivity contribution in [2.45, 2.75) is 71.6 Å². The minimum absolute atomic E-state index is 0.255. The zero-order valence-corrected chi connectivity index (χ0v) is 23.0. The molecule has 0 spiro atoms. The molecular weight excluding hydrogens is 440 g/mol. The van der Waals surface area contributed by atoms with E-state index in [1.165, 1.54) is 11.1 Å². The maximum Gasteiger partial charge on any atom is 0.169 e. The molecule has 1 fully saturated rings. The maximum absolute atomic E-state index is 12.4. The number of carbonyl (C=O) groups is 1. The second kappa shape index (κ2) is 10.6. The lowest BCUT2D eigenvalue weighted by molar-refractivity contribution is -0.117. The van der Waals surface area contributed by atoms with Crippen LogP contribution in [0.4, 0.5) is 0 Å². The predicted molar refractivity (Wildman–Crippen MR) is 144 cm³/mol. The van der Waals surface area contributed by atoms with Crippen LogP contribution in [0.3, 0.4) is 0 Å². The molecule has 2 aromatic rings. The third kappa shape index (κ3) is 7.50. The first-order valence-corrected chi connectivity index (χ1v) is 18.7. The van der Waals surface area contributed by atoms with Crippen molar-refractivity contribution in [3.05, 3.63) is 71.8 Å². The van der Waals surface area contributed by atoms with Crippen molar-refractivity contribution < 1.29 is 4.79 Å². The van der Waals surface area contributed by atoms with Crippen LogP contribution in [0.15, 0.2) is 70.9 Å². The summed E-state index contributed by atoms with van der Waals surface area (Å²) >= 11 is 0. The van der Waals surface area contributed by atoms with Crippen LogP contribution in [0.5, 0.6) is 0 Å². The normalized spacial score (nSPS) is 17.5. The maximum atomic E-state index is 12.4. The summed E-state index contributed by atoms with van der Waals surface area (Å²) in [6, 6.07) is 21.0. The number of hydrogen-bond acceptors (Lipinski definition) is 5. The molecule has 0 N–H and O–H groups in total. The number of nitrogens with zero attached hydrogens (tertiary/aromatic N) is 4. The Hall–Kier alpha value is -2.52. The Kier molecular flexibility index (Phi) is 8.07. The third-order valence-electron chi connectivity index (χ3n) is 5.72. The van der Waals surface area contributed by atoms with Crippen LogP contribution in [-0.4, -0.2) is 43.0 Å². The Morgan fingerprint density at radius 1 is 0.667 bits per heavy atom. The lowest BCUT2D eigenvalue weighted by atomic mass is 9.95. The first kappa shape index (κ1) is 25.1. The number of hydrazone groups is 2. The van der Waals surface area contributed by atoms with Gasteiger partial charge in [0.1, 0.15) is 5.78 Å². The van der Waals surface area contributed by atoms with Gasteiger partial charge in [-0.2, -0.15) is 10.2 Å². The van der Waals surface area contributed by atoms with E-state index in [-0.39, 0.29) is 5.78 Å². The monoisotopic (exact) mass is 478 g/mol. The van der Waals surface area contributed by atoms with E-state index < -0.39 is 16.5 Å². The zero-order valence-electron chi connectivity index (χ0n) is 21.0.